The van der Waals surface area contributed by atoms with Gasteiger partial charge in [-0.25, -0.2) is 0 Å². The molecule has 16 heavy (non-hydrogen) atoms. The molecule has 3 nitrogen and oxygen atoms in total. The van der Waals surface area contributed by atoms with E-state index in [1.165, 1.54) is 0 Å². The number of rotatable bonds is 2. The van der Waals surface area contributed by atoms with Gasteiger partial charge in [-0.15, -0.1) is 0 Å². The number of hydrogen-bond acceptors (Lipinski definition) is 3. The Hall–Kier alpha value is -1.48. The highest BCUT2D eigenvalue weighted by atomic mass is 35.5. The van der Waals surface area contributed by atoms with Gasteiger partial charge in [0.1, 0.15) is 5.69 Å². The van der Waals surface area contributed by atoms with E-state index in [1.54, 1.807) is 6.07 Å². The predicted octanol–water partition coefficient (Wildman–Crippen LogP) is 3.70. The second-order valence-electron chi connectivity index (χ2n) is 4.01. The van der Waals surface area contributed by atoms with Gasteiger partial charge in [-0.05, 0) is 17.5 Å². The summed E-state index contributed by atoms with van der Waals surface area (Å²) < 4.78 is 4.82. The van der Waals surface area contributed by atoms with Crippen LogP contribution in [0.1, 0.15) is 25.3 Å². The Morgan fingerprint density at radius 2 is 2.06 bits per heavy atom. The van der Waals surface area contributed by atoms with Gasteiger partial charge in [0.15, 0.2) is 0 Å². The van der Waals surface area contributed by atoms with Crippen LogP contribution in [0.3, 0.4) is 0 Å². The summed E-state index contributed by atoms with van der Waals surface area (Å²) in [5, 5.41) is 4.59. The van der Waals surface area contributed by atoms with Gasteiger partial charge in [-0.1, -0.05) is 42.7 Å². The van der Waals surface area contributed by atoms with Gasteiger partial charge < -0.3 is 10.3 Å². The van der Waals surface area contributed by atoms with E-state index in [2.05, 4.69) is 19.0 Å². The molecule has 0 unspecified atom stereocenters. The summed E-state index contributed by atoms with van der Waals surface area (Å²) in [4.78, 5) is 0. The standard InChI is InChI=1S/C12H13ClN2O/c1-7(2)9-4-3-8(5-10(9)13)11-6-12(14)16-15-11/h3-7H,14H2,1-2H3. The molecule has 0 saturated heterocycles. The van der Waals surface area contributed by atoms with Crippen molar-refractivity contribution in [3.8, 4) is 11.3 Å². The Labute approximate surface area is 99.2 Å². The van der Waals surface area contributed by atoms with E-state index in [0.717, 1.165) is 16.1 Å². The zero-order valence-electron chi connectivity index (χ0n) is 9.20. The molecule has 0 amide bonds. The van der Waals surface area contributed by atoms with Crippen molar-refractivity contribution in [2.75, 3.05) is 5.73 Å². The number of nitrogen functional groups attached to an aromatic ring is 1. The van der Waals surface area contributed by atoms with Crippen LogP contribution in [0.5, 0.6) is 0 Å². The summed E-state index contributed by atoms with van der Waals surface area (Å²) in [5.74, 6) is 0.711. The van der Waals surface area contributed by atoms with E-state index in [9.17, 15) is 0 Å². The van der Waals surface area contributed by atoms with Crippen LogP contribution in [-0.4, -0.2) is 5.16 Å². The molecule has 2 rings (SSSR count). The summed E-state index contributed by atoms with van der Waals surface area (Å²) in [6.07, 6.45) is 0. The third kappa shape index (κ3) is 2.04. The number of halogens is 1. The number of anilines is 1. The zero-order chi connectivity index (χ0) is 11.7. The number of hydrogen-bond donors (Lipinski definition) is 1. The molecular formula is C12H13ClN2O. The van der Waals surface area contributed by atoms with Gasteiger partial charge >= 0.3 is 0 Å². The smallest absolute Gasteiger partial charge is 0.222 e. The van der Waals surface area contributed by atoms with Crippen LogP contribution >= 0.6 is 11.6 Å². The highest BCUT2D eigenvalue weighted by molar-refractivity contribution is 6.31. The molecule has 1 heterocycles. The van der Waals surface area contributed by atoms with Gasteiger partial charge in [0.05, 0.1) is 0 Å². The van der Waals surface area contributed by atoms with Crippen molar-refractivity contribution >= 4 is 17.5 Å². The minimum Gasteiger partial charge on any atom is -0.368 e. The van der Waals surface area contributed by atoms with E-state index in [-0.39, 0.29) is 0 Å². The van der Waals surface area contributed by atoms with Crippen molar-refractivity contribution in [2.45, 2.75) is 19.8 Å². The van der Waals surface area contributed by atoms with Crippen LogP contribution in [0.25, 0.3) is 11.3 Å². The van der Waals surface area contributed by atoms with Crippen LogP contribution in [-0.2, 0) is 0 Å². The fourth-order valence-corrected chi connectivity index (χ4v) is 1.98. The molecule has 0 aliphatic heterocycles. The normalized spacial score (nSPS) is 11.0. The van der Waals surface area contributed by atoms with Gasteiger partial charge in [-0.2, -0.15) is 0 Å². The van der Waals surface area contributed by atoms with Gasteiger partial charge in [0.25, 0.3) is 0 Å². The van der Waals surface area contributed by atoms with Gasteiger partial charge in [0.2, 0.25) is 5.88 Å². The average molecular weight is 237 g/mol. The minimum atomic E-state index is 0.305. The first-order valence-electron chi connectivity index (χ1n) is 5.10. The summed E-state index contributed by atoms with van der Waals surface area (Å²) in [5.41, 5.74) is 8.21. The molecule has 0 aliphatic carbocycles. The molecule has 0 radical (unpaired) electrons. The fourth-order valence-electron chi connectivity index (χ4n) is 1.58. The molecule has 4 heteroatoms. The van der Waals surface area contributed by atoms with E-state index in [4.69, 9.17) is 21.9 Å². The number of nitrogens with zero attached hydrogens (tertiary/aromatic N) is 1. The maximum atomic E-state index is 6.19. The highest BCUT2D eigenvalue weighted by Gasteiger charge is 2.09. The fraction of sp³-hybridized carbons (Fsp3) is 0.250. The first kappa shape index (κ1) is 11.0. The van der Waals surface area contributed by atoms with E-state index < -0.39 is 0 Å². The van der Waals surface area contributed by atoms with Crippen LogP contribution in [0.2, 0.25) is 5.02 Å². The average Bonchev–Trinajstić information content (AvgIpc) is 2.64. The lowest BCUT2D eigenvalue weighted by Crippen LogP contribution is -1.89. The van der Waals surface area contributed by atoms with E-state index in [0.29, 0.717) is 17.5 Å². The first-order chi connectivity index (χ1) is 7.58. The Balaban J connectivity index is 2.42. The van der Waals surface area contributed by atoms with Crippen LogP contribution in [0.15, 0.2) is 28.8 Å². The molecule has 0 aliphatic rings. The maximum absolute atomic E-state index is 6.19. The van der Waals surface area contributed by atoms with Crippen molar-refractivity contribution in [3.63, 3.8) is 0 Å². The van der Waals surface area contributed by atoms with E-state index in [1.807, 2.05) is 18.2 Å². The lowest BCUT2D eigenvalue weighted by atomic mass is 10.0. The highest BCUT2D eigenvalue weighted by Crippen LogP contribution is 2.29. The Morgan fingerprint density at radius 3 is 2.56 bits per heavy atom. The molecule has 0 atom stereocenters. The topological polar surface area (TPSA) is 52.0 Å². The van der Waals surface area contributed by atoms with Crippen LogP contribution < -0.4 is 5.73 Å². The molecule has 2 aromatic rings. The van der Waals surface area contributed by atoms with Gasteiger partial charge in [-0.3, -0.25) is 0 Å². The van der Waals surface area contributed by atoms with Crippen LogP contribution in [0.4, 0.5) is 5.88 Å². The van der Waals surface area contributed by atoms with Gasteiger partial charge in [0, 0.05) is 16.7 Å². The van der Waals surface area contributed by atoms with Crippen molar-refractivity contribution in [2.24, 2.45) is 0 Å². The summed E-state index contributed by atoms with van der Waals surface area (Å²) >= 11 is 6.19. The molecule has 84 valence electrons. The van der Waals surface area contributed by atoms with E-state index >= 15 is 0 Å². The van der Waals surface area contributed by atoms with Crippen molar-refractivity contribution in [3.05, 3.63) is 34.9 Å². The number of aromatic nitrogens is 1. The first-order valence-corrected chi connectivity index (χ1v) is 5.47. The SMILES string of the molecule is CC(C)c1ccc(-c2cc(N)on2)cc1Cl. The van der Waals surface area contributed by atoms with Crippen molar-refractivity contribution in [1.82, 2.24) is 5.16 Å². The lowest BCUT2D eigenvalue weighted by molar-refractivity contribution is 0.439. The quantitative estimate of drug-likeness (QED) is 0.865. The summed E-state index contributed by atoms with van der Waals surface area (Å²) in [6, 6.07) is 7.54. The Morgan fingerprint density at radius 1 is 1.31 bits per heavy atom. The summed E-state index contributed by atoms with van der Waals surface area (Å²) in [7, 11) is 0. The molecule has 0 spiro atoms. The molecule has 2 N–H and O–H groups in total. The molecule has 0 fully saturated rings. The zero-order valence-corrected chi connectivity index (χ0v) is 9.95. The Kier molecular flexibility index (Phi) is 2.88. The lowest BCUT2D eigenvalue weighted by Gasteiger charge is -2.08. The molecule has 0 bridgehead atoms. The van der Waals surface area contributed by atoms with Crippen LogP contribution in [0, 0.1) is 0 Å². The molecule has 0 saturated carbocycles. The third-order valence-corrected chi connectivity index (χ3v) is 2.77. The third-order valence-electron chi connectivity index (χ3n) is 2.45. The number of benzene rings is 1. The summed E-state index contributed by atoms with van der Waals surface area (Å²) in [6.45, 7) is 4.21. The molecular weight excluding hydrogens is 224 g/mol. The second-order valence-corrected chi connectivity index (χ2v) is 4.41. The second kappa shape index (κ2) is 4.18. The molecule has 1 aromatic carbocycles. The largest absolute Gasteiger partial charge is 0.368 e. The maximum Gasteiger partial charge on any atom is 0.222 e. The minimum absolute atomic E-state index is 0.305. The monoisotopic (exact) mass is 236 g/mol. The molecule has 1 aromatic heterocycles. The van der Waals surface area contributed by atoms with Crippen molar-refractivity contribution < 1.29 is 4.52 Å². The Bertz CT molecular complexity index is 505. The number of nitrogens with two attached hydrogens (primary N) is 1. The predicted molar refractivity (Wildman–Crippen MR) is 65.5 cm³/mol. The van der Waals surface area contributed by atoms with Crippen molar-refractivity contribution in [1.29, 1.82) is 0 Å².